The largest absolute Gasteiger partial charge is 0.373 e. The molecule has 3 aromatic rings. The summed E-state index contributed by atoms with van der Waals surface area (Å²) in [6.07, 6.45) is 5.76. The highest BCUT2D eigenvalue weighted by Crippen LogP contribution is 2.39. The summed E-state index contributed by atoms with van der Waals surface area (Å²) >= 11 is 14.3. The summed E-state index contributed by atoms with van der Waals surface area (Å²) in [6.45, 7) is 11.3. The van der Waals surface area contributed by atoms with E-state index in [9.17, 15) is 0 Å². The zero-order chi connectivity index (χ0) is 27.7. The topological polar surface area (TPSA) is 78.4 Å². The standard InChI is InChI=1S/C28H35Cl2N5S.CO2/c1-16-9-22(10-16)34-8-4-5-19(13-34)20-14-35(15-20)28-32-26(24-11-17(2)36-27(24)33-28)31-18(3)23-7-6-21(29)12-25(23)30;2-1-3/h6-7,11-12,16,18-20,22H,4-5,8-10,13-15H2,1-3H3,(H,31,32,33);/t16?,18-,19+,22?;/m1./s1. The van der Waals surface area contributed by atoms with Gasteiger partial charge in [0.05, 0.1) is 11.4 Å². The molecule has 0 unspecified atom stereocenters. The highest BCUT2D eigenvalue weighted by molar-refractivity contribution is 7.18. The van der Waals surface area contributed by atoms with E-state index in [4.69, 9.17) is 42.8 Å². The van der Waals surface area contributed by atoms with Crippen molar-refractivity contribution in [3.63, 3.8) is 0 Å². The molecule has 39 heavy (non-hydrogen) atoms. The van der Waals surface area contributed by atoms with Crippen molar-refractivity contribution in [1.29, 1.82) is 0 Å². The number of carbonyl (C=O) groups excluding carboxylic acids is 2. The van der Waals surface area contributed by atoms with Crippen LogP contribution in [0.15, 0.2) is 24.3 Å². The van der Waals surface area contributed by atoms with E-state index in [0.717, 1.165) is 64.4 Å². The van der Waals surface area contributed by atoms with Gasteiger partial charge in [-0.15, -0.1) is 11.3 Å². The second kappa shape index (κ2) is 12.1. The van der Waals surface area contributed by atoms with Crippen molar-refractivity contribution in [2.75, 3.05) is 36.4 Å². The molecule has 3 fully saturated rings. The molecule has 1 saturated carbocycles. The molecule has 2 aliphatic heterocycles. The zero-order valence-corrected chi connectivity index (χ0v) is 25.0. The Hall–Kier alpha value is -2.22. The normalized spacial score (nSPS) is 24.2. The molecule has 1 aliphatic carbocycles. The molecule has 1 aromatic carbocycles. The van der Waals surface area contributed by atoms with Gasteiger partial charge in [-0.1, -0.05) is 36.2 Å². The van der Waals surface area contributed by atoms with Crippen LogP contribution in [0.1, 0.15) is 56.0 Å². The molecule has 3 aliphatic rings. The number of aryl methyl sites for hydroxylation is 1. The van der Waals surface area contributed by atoms with Crippen molar-refractivity contribution in [1.82, 2.24) is 14.9 Å². The van der Waals surface area contributed by atoms with E-state index in [1.807, 2.05) is 12.1 Å². The summed E-state index contributed by atoms with van der Waals surface area (Å²) in [7, 11) is 0. The molecule has 7 nitrogen and oxygen atoms in total. The van der Waals surface area contributed by atoms with Crippen molar-refractivity contribution in [2.24, 2.45) is 17.8 Å². The minimum atomic E-state index is -0.00694. The second-order valence-corrected chi connectivity index (χ2v) is 13.4. The predicted molar refractivity (Wildman–Crippen MR) is 158 cm³/mol. The predicted octanol–water partition coefficient (Wildman–Crippen LogP) is 6.84. The van der Waals surface area contributed by atoms with Gasteiger partial charge < -0.3 is 15.1 Å². The summed E-state index contributed by atoms with van der Waals surface area (Å²) in [5, 5.41) is 6.01. The third-order valence-corrected chi connectivity index (χ3v) is 10.0. The van der Waals surface area contributed by atoms with Crippen LogP contribution in [0, 0.1) is 24.7 Å². The maximum Gasteiger partial charge on any atom is 0.373 e. The summed E-state index contributed by atoms with van der Waals surface area (Å²) in [5.74, 6) is 4.20. The molecule has 208 valence electrons. The lowest BCUT2D eigenvalue weighted by molar-refractivity contribution is -0.191. The molecule has 2 atom stereocenters. The van der Waals surface area contributed by atoms with Gasteiger partial charge in [0.1, 0.15) is 10.6 Å². The van der Waals surface area contributed by atoms with E-state index >= 15 is 0 Å². The second-order valence-electron chi connectivity index (χ2n) is 11.4. The van der Waals surface area contributed by atoms with Crippen LogP contribution in [0.2, 0.25) is 10.0 Å². The summed E-state index contributed by atoms with van der Waals surface area (Å²) < 4.78 is 0. The maximum absolute atomic E-state index is 8.12. The zero-order valence-electron chi connectivity index (χ0n) is 22.6. The van der Waals surface area contributed by atoms with Crippen molar-refractivity contribution < 1.29 is 9.59 Å². The van der Waals surface area contributed by atoms with Crippen LogP contribution in [-0.4, -0.2) is 53.2 Å². The van der Waals surface area contributed by atoms with E-state index < -0.39 is 0 Å². The molecule has 10 heteroatoms. The minimum Gasteiger partial charge on any atom is -0.363 e. The number of thiophene rings is 1. The van der Waals surface area contributed by atoms with Gasteiger partial charge in [-0.25, -0.2) is 4.98 Å². The molecule has 6 rings (SSSR count). The van der Waals surface area contributed by atoms with E-state index in [1.54, 1.807) is 17.4 Å². The Kier molecular flexibility index (Phi) is 8.79. The highest BCUT2D eigenvalue weighted by Gasteiger charge is 2.40. The highest BCUT2D eigenvalue weighted by atomic mass is 35.5. The smallest absolute Gasteiger partial charge is 0.363 e. The maximum atomic E-state index is 8.12. The van der Waals surface area contributed by atoms with Gasteiger partial charge in [0.25, 0.3) is 0 Å². The van der Waals surface area contributed by atoms with Gasteiger partial charge in [0.2, 0.25) is 5.95 Å². The first-order valence-electron chi connectivity index (χ1n) is 13.7. The first-order valence-corrected chi connectivity index (χ1v) is 15.3. The Morgan fingerprint density at radius 3 is 2.54 bits per heavy atom. The van der Waals surface area contributed by atoms with Crippen molar-refractivity contribution in [2.45, 2.75) is 58.5 Å². The summed E-state index contributed by atoms with van der Waals surface area (Å²) in [5.41, 5.74) is 1.01. The molecule has 2 saturated heterocycles. The van der Waals surface area contributed by atoms with Crippen LogP contribution in [0.25, 0.3) is 10.2 Å². The minimum absolute atomic E-state index is 0.00694. The van der Waals surface area contributed by atoms with Crippen LogP contribution in [0.5, 0.6) is 0 Å². The molecule has 0 spiro atoms. The van der Waals surface area contributed by atoms with Crippen LogP contribution >= 0.6 is 34.5 Å². The van der Waals surface area contributed by atoms with Crippen molar-refractivity contribution in [3.8, 4) is 0 Å². The lowest BCUT2D eigenvalue weighted by atomic mass is 9.76. The number of anilines is 2. The van der Waals surface area contributed by atoms with E-state index in [2.05, 4.69) is 42.0 Å². The van der Waals surface area contributed by atoms with Gasteiger partial charge >= 0.3 is 6.15 Å². The molecular weight excluding hydrogens is 553 g/mol. The summed E-state index contributed by atoms with van der Waals surface area (Å²) in [6, 6.07) is 8.68. The monoisotopic (exact) mass is 587 g/mol. The lowest BCUT2D eigenvalue weighted by Gasteiger charge is -2.50. The number of benzene rings is 1. The van der Waals surface area contributed by atoms with Crippen LogP contribution in [-0.2, 0) is 9.59 Å². The van der Waals surface area contributed by atoms with E-state index in [0.29, 0.717) is 10.0 Å². The average molecular weight is 589 g/mol. The van der Waals surface area contributed by atoms with Gasteiger partial charge in [0, 0.05) is 40.6 Å². The number of halogens is 2. The Bertz CT molecular complexity index is 1350. The molecule has 0 amide bonds. The fraction of sp³-hybridized carbons (Fsp3) is 0.552. The molecule has 0 radical (unpaired) electrons. The van der Waals surface area contributed by atoms with Crippen LogP contribution in [0.4, 0.5) is 11.8 Å². The number of hydrogen-bond acceptors (Lipinski definition) is 8. The third-order valence-electron chi connectivity index (χ3n) is 8.50. The Morgan fingerprint density at radius 1 is 1.10 bits per heavy atom. The van der Waals surface area contributed by atoms with E-state index in [1.165, 1.54) is 43.6 Å². The number of nitrogens with one attached hydrogen (secondary N) is 1. The summed E-state index contributed by atoms with van der Waals surface area (Å²) in [4.78, 5) is 33.7. The fourth-order valence-corrected chi connectivity index (χ4v) is 7.75. The number of fused-ring (bicyclic) bond motifs is 1. The third kappa shape index (κ3) is 6.26. The number of hydrogen-bond donors (Lipinski definition) is 1. The van der Waals surface area contributed by atoms with Gasteiger partial charge in [-0.2, -0.15) is 14.6 Å². The van der Waals surface area contributed by atoms with Crippen molar-refractivity contribution in [3.05, 3.63) is 44.8 Å². The lowest BCUT2D eigenvalue weighted by Crippen LogP contribution is -2.56. The molecule has 1 N–H and O–H groups in total. The molecular formula is C29H35Cl2N5O2S. The molecule has 0 bridgehead atoms. The van der Waals surface area contributed by atoms with Gasteiger partial charge in [-0.3, -0.25) is 0 Å². The van der Waals surface area contributed by atoms with Gasteiger partial charge in [0.15, 0.2) is 0 Å². The first kappa shape index (κ1) is 28.3. The molecule has 4 heterocycles. The number of rotatable bonds is 6. The molecule has 2 aromatic heterocycles. The SMILES string of the molecule is Cc1cc2c(N[C@H](C)c3ccc(Cl)cc3Cl)nc(N3CC([C@H]4CCCN(C5CC(C)C5)C4)C3)nc2s1.O=C=O. The number of nitrogens with zero attached hydrogens (tertiary/aromatic N) is 4. The first-order chi connectivity index (χ1) is 18.7. The Labute approximate surface area is 243 Å². The Morgan fingerprint density at radius 2 is 1.85 bits per heavy atom. The van der Waals surface area contributed by atoms with Gasteiger partial charge in [-0.05, 0) is 87.6 Å². The quantitative estimate of drug-likeness (QED) is 0.338. The number of likely N-dealkylation sites (tertiary alicyclic amines) is 1. The average Bonchev–Trinajstić information content (AvgIpc) is 3.22. The van der Waals surface area contributed by atoms with Crippen molar-refractivity contribution >= 4 is 62.7 Å². The number of aromatic nitrogens is 2. The van der Waals surface area contributed by atoms with Crippen LogP contribution in [0.3, 0.4) is 0 Å². The fourth-order valence-electron chi connectivity index (χ4n) is 6.31. The van der Waals surface area contributed by atoms with Crippen LogP contribution < -0.4 is 10.2 Å². The Balaban J connectivity index is 0.000000983. The number of piperidine rings is 1. The van der Waals surface area contributed by atoms with E-state index in [-0.39, 0.29) is 12.2 Å².